The summed E-state index contributed by atoms with van der Waals surface area (Å²) in [5, 5.41) is 6.04. The minimum atomic E-state index is -4.38. The van der Waals surface area contributed by atoms with Gasteiger partial charge in [-0.05, 0) is 13.0 Å². The van der Waals surface area contributed by atoms with Crippen molar-refractivity contribution in [2.24, 2.45) is 5.14 Å². The molecule has 0 unspecified atom stereocenters. The number of nitrogens with two attached hydrogens (primary N) is 1. The number of benzene rings is 1. The Hall–Kier alpha value is -0.930. The topological polar surface area (TPSA) is 98.5 Å². The normalized spacial score (nSPS) is 11.5. The fraction of sp³-hybridized carbons (Fsp3) is 0.364. The molecule has 0 heterocycles. The number of hydrogen-bond donors (Lipinski definition) is 2. The predicted octanol–water partition coefficient (Wildman–Crippen LogP) is 1.55. The summed E-state index contributed by atoms with van der Waals surface area (Å²) in [5.74, 6) is -1.87. The highest BCUT2D eigenvalue weighted by Crippen LogP contribution is 2.33. The lowest BCUT2D eigenvalue weighted by atomic mass is 10.2. The molecule has 21 heavy (non-hydrogen) atoms. The van der Waals surface area contributed by atoms with Crippen molar-refractivity contribution in [3.8, 4) is 0 Å². The summed E-state index contributed by atoms with van der Waals surface area (Å²) in [6, 6.07) is 0.745. The van der Waals surface area contributed by atoms with Crippen LogP contribution in [0.2, 0.25) is 10.0 Å². The Morgan fingerprint density at radius 1 is 1.43 bits per heavy atom. The molecule has 0 aliphatic heterocycles. The zero-order chi connectivity index (χ0) is 16.2. The van der Waals surface area contributed by atoms with Gasteiger partial charge in [0.25, 0.3) is 5.91 Å². The maximum atomic E-state index is 13.6. The van der Waals surface area contributed by atoms with Gasteiger partial charge in [0, 0.05) is 13.2 Å². The molecule has 0 saturated carbocycles. The molecular weight excluding hydrogens is 346 g/mol. The molecule has 0 aromatic heterocycles. The molecule has 1 aromatic carbocycles. The van der Waals surface area contributed by atoms with E-state index < -0.39 is 36.7 Å². The third-order valence-electron chi connectivity index (χ3n) is 2.38. The molecule has 1 rings (SSSR count). The first-order valence-electron chi connectivity index (χ1n) is 5.76. The zero-order valence-electron chi connectivity index (χ0n) is 11.0. The minimum absolute atomic E-state index is 0.151. The fourth-order valence-corrected chi connectivity index (χ4v) is 3.26. The van der Waals surface area contributed by atoms with Gasteiger partial charge in [-0.2, -0.15) is 0 Å². The van der Waals surface area contributed by atoms with E-state index in [1.807, 2.05) is 0 Å². The van der Waals surface area contributed by atoms with Gasteiger partial charge >= 0.3 is 0 Å². The van der Waals surface area contributed by atoms with Crippen LogP contribution < -0.4 is 10.5 Å². The number of amides is 1. The van der Waals surface area contributed by atoms with Gasteiger partial charge in [-0.3, -0.25) is 4.79 Å². The lowest BCUT2D eigenvalue weighted by Crippen LogP contribution is -2.28. The average molecular weight is 359 g/mol. The number of primary sulfonamides is 1. The number of halogens is 3. The van der Waals surface area contributed by atoms with Crippen LogP contribution in [0.5, 0.6) is 0 Å². The van der Waals surface area contributed by atoms with Gasteiger partial charge < -0.3 is 10.1 Å². The van der Waals surface area contributed by atoms with E-state index >= 15 is 0 Å². The molecule has 0 aliphatic rings. The Morgan fingerprint density at radius 3 is 2.57 bits per heavy atom. The second kappa shape index (κ2) is 7.37. The van der Waals surface area contributed by atoms with E-state index in [0.29, 0.717) is 6.61 Å². The first-order chi connectivity index (χ1) is 9.70. The summed E-state index contributed by atoms with van der Waals surface area (Å²) in [5.41, 5.74) is -0.376. The van der Waals surface area contributed by atoms with E-state index in [4.69, 9.17) is 33.1 Å². The summed E-state index contributed by atoms with van der Waals surface area (Å²) < 4.78 is 41.4. The van der Waals surface area contributed by atoms with Crippen molar-refractivity contribution >= 4 is 39.1 Å². The molecule has 0 radical (unpaired) electrons. The van der Waals surface area contributed by atoms with Crippen molar-refractivity contribution in [2.75, 3.05) is 19.8 Å². The zero-order valence-corrected chi connectivity index (χ0v) is 13.3. The van der Waals surface area contributed by atoms with Crippen molar-refractivity contribution in [3.63, 3.8) is 0 Å². The smallest absolute Gasteiger partial charge is 0.253 e. The standard InChI is InChI=1S/C11H13Cl2FN2O4S/c1-2-20-4-3-16-11(17)6-5-7(14)9(13)10(8(6)12)21(15,18)19/h5H,2-4H2,1H3,(H,16,17)(H2,15,18,19). The Balaban J connectivity index is 3.15. The average Bonchev–Trinajstić information content (AvgIpc) is 2.37. The van der Waals surface area contributed by atoms with E-state index in [1.54, 1.807) is 6.92 Å². The maximum absolute atomic E-state index is 13.6. The third kappa shape index (κ3) is 4.52. The summed E-state index contributed by atoms with van der Waals surface area (Å²) in [7, 11) is -4.38. The predicted molar refractivity (Wildman–Crippen MR) is 76.6 cm³/mol. The number of carbonyl (C=O) groups excluding carboxylic acids is 1. The number of rotatable bonds is 6. The highest BCUT2D eigenvalue weighted by Gasteiger charge is 2.26. The molecule has 0 bridgehead atoms. The second-order valence-corrected chi connectivity index (χ2v) is 6.12. The summed E-state index contributed by atoms with van der Waals surface area (Å²) in [6.45, 7) is 2.66. The van der Waals surface area contributed by atoms with Crippen LogP contribution in [0.3, 0.4) is 0 Å². The Kier molecular flexibility index (Phi) is 6.36. The van der Waals surface area contributed by atoms with Crippen molar-refractivity contribution in [3.05, 3.63) is 27.5 Å². The van der Waals surface area contributed by atoms with Crippen LogP contribution >= 0.6 is 23.2 Å². The molecule has 1 amide bonds. The number of ether oxygens (including phenoxy) is 1. The third-order valence-corrected chi connectivity index (χ3v) is 4.34. The van der Waals surface area contributed by atoms with Gasteiger partial charge in [0.1, 0.15) is 10.7 Å². The minimum Gasteiger partial charge on any atom is -0.380 e. The molecule has 3 N–H and O–H groups in total. The number of hydrogen-bond acceptors (Lipinski definition) is 4. The number of nitrogens with one attached hydrogen (secondary N) is 1. The van der Waals surface area contributed by atoms with Crippen LogP contribution in [-0.2, 0) is 14.8 Å². The van der Waals surface area contributed by atoms with Crippen LogP contribution in [0.15, 0.2) is 11.0 Å². The quantitative estimate of drug-likeness (QED) is 0.595. The first kappa shape index (κ1) is 18.1. The molecule has 10 heteroatoms. The van der Waals surface area contributed by atoms with E-state index in [1.165, 1.54) is 0 Å². The van der Waals surface area contributed by atoms with Crippen molar-refractivity contribution in [1.82, 2.24) is 5.32 Å². The second-order valence-electron chi connectivity index (χ2n) is 3.86. The van der Waals surface area contributed by atoms with Gasteiger partial charge in [-0.25, -0.2) is 17.9 Å². The number of carbonyl (C=O) groups is 1. The van der Waals surface area contributed by atoms with Crippen LogP contribution in [0.25, 0.3) is 0 Å². The van der Waals surface area contributed by atoms with Gasteiger partial charge in [0.2, 0.25) is 10.0 Å². The van der Waals surface area contributed by atoms with Gasteiger partial charge in [0.15, 0.2) is 0 Å². The Bertz CT molecular complexity index is 652. The molecule has 0 fully saturated rings. The van der Waals surface area contributed by atoms with Crippen molar-refractivity contribution in [1.29, 1.82) is 0 Å². The Morgan fingerprint density at radius 2 is 2.05 bits per heavy atom. The lowest BCUT2D eigenvalue weighted by molar-refractivity contribution is 0.0922. The van der Waals surface area contributed by atoms with E-state index in [9.17, 15) is 17.6 Å². The molecule has 0 saturated heterocycles. The summed E-state index contributed by atoms with van der Waals surface area (Å²) >= 11 is 11.3. The fourth-order valence-electron chi connectivity index (χ4n) is 1.47. The molecule has 118 valence electrons. The highest BCUT2D eigenvalue weighted by molar-refractivity contribution is 7.89. The van der Waals surface area contributed by atoms with Gasteiger partial charge in [-0.1, -0.05) is 23.2 Å². The van der Waals surface area contributed by atoms with Crippen molar-refractivity contribution < 1.29 is 22.3 Å². The van der Waals surface area contributed by atoms with E-state index in [0.717, 1.165) is 6.07 Å². The summed E-state index contributed by atoms with van der Waals surface area (Å²) in [6.07, 6.45) is 0. The molecule has 0 atom stereocenters. The molecular formula is C11H13Cl2FN2O4S. The highest BCUT2D eigenvalue weighted by atomic mass is 35.5. The Labute approximate surface area is 131 Å². The summed E-state index contributed by atoms with van der Waals surface area (Å²) in [4.78, 5) is 11.1. The maximum Gasteiger partial charge on any atom is 0.253 e. The molecule has 0 aliphatic carbocycles. The lowest BCUT2D eigenvalue weighted by Gasteiger charge is -2.11. The molecule has 1 aromatic rings. The van der Waals surface area contributed by atoms with Gasteiger partial charge in [-0.15, -0.1) is 0 Å². The van der Waals surface area contributed by atoms with Crippen LogP contribution in [0.4, 0.5) is 4.39 Å². The monoisotopic (exact) mass is 358 g/mol. The van der Waals surface area contributed by atoms with Crippen molar-refractivity contribution in [2.45, 2.75) is 11.8 Å². The molecule has 0 spiro atoms. The SMILES string of the molecule is CCOCCNC(=O)c1cc(F)c(Cl)c(S(N)(=O)=O)c1Cl. The van der Waals surface area contributed by atoms with Crippen LogP contribution in [-0.4, -0.2) is 34.1 Å². The number of sulfonamides is 1. The van der Waals surface area contributed by atoms with E-state index in [2.05, 4.69) is 5.32 Å². The largest absolute Gasteiger partial charge is 0.380 e. The molecule has 6 nitrogen and oxygen atoms in total. The van der Waals surface area contributed by atoms with E-state index in [-0.39, 0.29) is 18.7 Å². The first-order valence-corrected chi connectivity index (χ1v) is 8.06. The van der Waals surface area contributed by atoms with Gasteiger partial charge in [0.05, 0.1) is 22.2 Å². The van der Waals surface area contributed by atoms with Crippen LogP contribution in [0, 0.1) is 5.82 Å². The van der Waals surface area contributed by atoms with Crippen LogP contribution in [0.1, 0.15) is 17.3 Å².